The van der Waals surface area contributed by atoms with Gasteiger partial charge >= 0.3 is 0 Å². The van der Waals surface area contributed by atoms with Gasteiger partial charge in [-0.1, -0.05) is 40.2 Å². The SMILES string of the molecule is Clc1nc(NN=Cc2ccc(Br)cc2)c2ccccc2n1. The minimum atomic E-state index is 0.190. The maximum atomic E-state index is 5.92. The molecular formula is C15H10BrClN4. The summed E-state index contributed by atoms with van der Waals surface area (Å²) in [5, 5.41) is 5.25. The molecule has 0 aliphatic rings. The third-order valence-corrected chi connectivity index (χ3v) is 3.53. The molecule has 6 heteroatoms. The zero-order valence-electron chi connectivity index (χ0n) is 10.8. The fourth-order valence-electron chi connectivity index (χ4n) is 1.85. The third-order valence-electron chi connectivity index (χ3n) is 2.83. The Morgan fingerprint density at radius 1 is 1.05 bits per heavy atom. The molecule has 2 aromatic carbocycles. The minimum absolute atomic E-state index is 0.190. The Bertz CT molecular complexity index is 802. The van der Waals surface area contributed by atoms with Crippen LogP contribution in [0.15, 0.2) is 58.1 Å². The zero-order valence-corrected chi connectivity index (χ0v) is 13.1. The number of fused-ring (bicyclic) bond motifs is 1. The topological polar surface area (TPSA) is 50.2 Å². The second kappa shape index (κ2) is 6.20. The van der Waals surface area contributed by atoms with Gasteiger partial charge in [0.05, 0.1) is 11.7 Å². The van der Waals surface area contributed by atoms with E-state index in [0.717, 1.165) is 20.9 Å². The first kappa shape index (κ1) is 14.0. The summed E-state index contributed by atoms with van der Waals surface area (Å²) < 4.78 is 1.03. The number of hydrazone groups is 1. The van der Waals surface area contributed by atoms with Crippen LogP contribution in [-0.2, 0) is 0 Å². The number of rotatable bonds is 3. The standard InChI is InChI=1S/C15H10BrClN4/c16-11-7-5-10(6-8-11)9-18-21-14-12-3-1-2-4-13(12)19-15(17)20-14/h1-9H,(H,19,20,21). The molecule has 3 rings (SSSR count). The van der Waals surface area contributed by atoms with Crippen LogP contribution in [0, 0.1) is 0 Å². The summed E-state index contributed by atoms with van der Waals surface area (Å²) in [5.74, 6) is 0.582. The van der Waals surface area contributed by atoms with Crippen molar-refractivity contribution in [2.45, 2.75) is 0 Å². The summed E-state index contributed by atoms with van der Waals surface area (Å²) >= 11 is 9.31. The van der Waals surface area contributed by atoms with E-state index in [9.17, 15) is 0 Å². The van der Waals surface area contributed by atoms with Crippen LogP contribution >= 0.6 is 27.5 Å². The molecule has 4 nitrogen and oxygen atoms in total. The second-order valence-corrected chi connectivity index (χ2v) is 5.53. The van der Waals surface area contributed by atoms with Crippen LogP contribution in [0.5, 0.6) is 0 Å². The van der Waals surface area contributed by atoms with Crippen LogP contribution in [0.4, 0.5) is 5.82 Å². The summed E-state index contributed by atoms with van der Waals surface area (Å²) in [7, 11) is 0. The lowest BCUT2D eigenvalue weighted by molar-refractivity contribution is 1.18. The predicted octanol–water partition coefficient (Wildman–Crippen LogP) is 4.49. The molecule has 1 N–H and O–H groups in total. The lowest BCUT2D eigenvalue weighted by atomic mass is 10.2. The maximum Gasteiger partial charge on any atom is 0.224 e. The number of hydrogen-bond acceptors (Lipinski definition) is 4. The summed E-state index contributed by atoms with van der Waals surface area (Å²) in [4.78, 5) is 8.34. The van der Waals surface area contributed by atoms with Crippen molar-refractivity contribution in [2.24, 2.45) is 5.10 Å². The molecule has 0 unspecified atom stereocenters. The van der Waals surface area contributed by atoms with Crippen molar-refractivity contribution >= 4 is 50.5 Å². The monoisotopic (exact) mass is 360 g/mol. The van der Waals surface area contributed by atoms with Crippen molar-refractivity contribution in [3.05, 3.63) is 63.9 Å². The van der Waals surface area contributed by atoms with Gasteiger partial charge in [-0.15, -0.1) is 0 Å². The van der Waals surface area contributed by atoms with E-state index < -0.39 is 0 Å². The lowest BCUT2D eigenvalue weighted by Crippen LogP contribution is -1.97. The molecule has 1 aromatic heterocycles. The van der Waals surface area contributed by atoms with Gasteiger partial charge in [0.25, 0.3) is 0 Å². The fraction of sp³-hybridized carbons (Fsp3) is 0. The van der Waals surface area contributed by atoms with Crippen molar-refractivity contribution in [1.82, 2.24) is 9.97 Å². The smallest absolute Gasteiger partial charge is 0.224 e. The third kappa shape index (κ3) is 3.37. The van der Waals surface area contributed by atoms with Gasteiger partial charge in [0.1, 0.15) is 0 Å². The molecule has 0 saturated heterocycles. The first-order chi connectivity index (χ1) is 10.2. The van der Waals surface area contributed by atoms with Crippen LogP contribution in [0.2, 0.25) is 5.28 Å². The molecule has 0 spiro atoms. The van der Waals surface area contributed by atoms with E-state index >= 15 is 0 Å². The van der Waals surface area contributed by atoms with Crippen molar-refractivity contribution < 1.29 is 0 Å². The van der Waals surface area contributed by atoms with E-state index in [1.54, 1.807) is 6.21 Å². The van der Waals surface area contributed by atoms with Crippen LogP contribution in [-0.4, -0.2) is 16.2 Å². The number of hydrogen-bond donors (Lipinski definition) is 1. The summed E-state index contributed by atoms with van der Waals surface area (Å²) in [6, 6.07) is 15.5. The lowest BCUT2D eigenvalue weighted by Gasteiger charge is -2.04. The molecule has 0 radical (unpaired) electrons. The van der Waals surface area contributed by atoms with E-state index in [2.05, 4.69) is 36.4 Å². The van der Waals surface area contributed by atoms with Gasteiger partial charge in [-0.05, 0) is 41.4 Å². The van der Waals surface area contributed by atoms with Crippen molar-refractivity contribution in [3.8, 4) is 0 Å². The average Bonchev–Trinajstić information content (AvgIpc) is 2.49. The first-order valence-electron chi connectivity index (χ1n) is 6.19. The highest BCUT2D eigenvalue weighted by Gasteiger charge is 2.04. The number of para-hydroxylation sites is 1. The highest BCUT2D eigenvalue weighted by atomic mass is 79.9. The van der Waals surface area contributed by atoms with Gasteiger partial charge in [0.15, 0.2) is 5.82 Å². The molecule has 0 amide bonds. The van der Waals surface area contributed by atoms with Gasteiger partial charge < -0.3 is 0 Å². The number of anilines is 1. The van der Waals surface area contributed by atoms with Crippen molar-refractivity contribution in [3.63, 3.8) is 0 Å². The Balaban J connectivity index is 1.86. The summed E-state index contributed by atoms with van der Waals surface area (Å²) in [5.41, 5.74) is 4.67. The second-order valence-electron chi connectivity index (χ2n) is 4.28. The molecule has 3 aromatic rings. The molecule has 0 aliphatic heterocycles. The molecule has 0 saturated carbocycles. The van der Waals surface area contributed by atoms with Crippen LogP contribution in [0.3, 0.4) is 0 Å². The van der Waals surface area contributed by atoms with E-state index in [-0.39, 0.29) is 5.28 Å². The van der Waals surface area contributed by atoms with Crippen LogP contribution in [0.1, 0.15) is 5.56 Å². The Labute approximate surface area is 135 Å². The Hall–Kier alpha value is -1.98. The van der Waals surface area contributed by atoms with E-state index in [1.165, 1.54) is 0 Å². The predicted molar refractivity (Wildman–Crippen MR) is 89.9 cm³/mol. The van der Waals surface area contributed by atoms with Gasteiger partial charge in [-0.3, -0.25) is 5.43 Å². The van der Waals surface area contributed by atoms with Crippen molar-refractivity contribution in [1.29, 1.82) is 0 Å². The quantitative estimate of drug-likeness (QED) is 0.425. The first-order valence-corrected chi connectivity index (χ1v) is 7.36. The van der Waals surface area contributed by atoms with Gasteiger partial charge in [0, 0.05) is 9.86 Å². The highest BCUT2D eigenvalue weighted by Crippen LogP contribution is 2.21. The van der Waals surface area contributed by atoms with Crippen LogP contribution < -0.4 is 5.43 Å². The van der Waals surface area contributed by atoms with E-state index in [0.29, 0.717) is 5.82 Å². The number of nitrogens with zero attached hydrogens (tertiary/aromatic N) is 3. The highest BCUT2D eigenvalue weighted by molar-refractivity contribution is 9.10. The summed E-state index contributed by atoms with van der Waals surface area (Å²) in [6.07, 6.45) is 1.72. The molecule has 0 atom stereocenters. The molecule has 104 valence electrons. The molecule has 0 fully saturated rings. The normalized spacial score (nSPS) is 11.1. The average molecular weight is 362 g/mol. The Kier molecular flexibility index (Phi) is 4.13. The number of halogens is 2. The van der Waals surface area contributed by atoms with E-state index in [4.69, 9.17) is 11.6 Å². The molecule has 1 heterocycles. The summed E-state index contributed by atoms with van der Waals surface area (Å²) in [6.45, 7) is 0. The zero-order chi connectivity index (χ0) is 14.7. The maximum absolute atomic E-state index is 5.92. The molecule has 0 bridgehead atoms. The fourth-order valence-corrected chi connectivity index (χ4v) is 2.29. The number of benzene rings is 2. The van der Waals surface area contributed by atoms with Crippen molar-refractivity contribution in [2.75, 3.05) is 5.43 Å². The largest absolute Gasteiger partial charge is 0.261 e. The number of nitrogens with one attached hydrogen (secondary N) is 1. The molecule has 21 heavy (non-hydrogen) atoms. The minimum Gasteiger partial charge on any atom is -0.261 e. The van der Waals surface area contributed by atoms with Gasteiger partial charge in [-0.2, -0.15) is 10.1 Å². The van der Waals surface area contributed by atoms with Gasteiger partial charge in [0.2, 0.25) is 5.28 Å². The molecular weight excluding hydrogens is 352 g/mol. The molecule has 0 aliphatic carbocycles. The van der Waals surface area contributed by atoms with Gasteiger partial charge in [-0.25, -0.2) is 4.98 Å². The van der Waals surface area contributed by atoms with E-state index in [1.807, 2.05) is 48.5 Å². The number of aromatic nitrogens is 2. The van der Waals surface area contributed by atoms with Crippen LogP contribution in [0.25, 0.3) is 10.9 Å². The Morgan fingerprint density at radius 2 is 1.81 bits per heavy atom. The Morgan fingerprint density at radius 3 is 2.62 bits per heavy atom.